The second-order valence-corrected chi connectivity index (χ2v) is 5.05. The number of hydrogen-bond donors (Lipinski definition) is 1. The van der Waals surface area contributed by atoms with Crippen LogP contribution in [0.15, 0.2) is 18.2 Å². The second kappa shape index (κ2) is 5.16. The van der Waals surface area contributed by atoms with Crippen molar-refractivity contribution in [1.82, 2.24) is 5.32 Å². The summed E-state index contributed by atoms with van der Waals surface area (Å²) in [6.07, 6.45) is 3.89. The Hall–Kier alpha value is -0.290. The lowest BCUT2D eigenvalue weighted by Gasteiger charge is -2.25. The Bertz CT molecular complexity index is 334. The Morgan fingerprint density at radius 3 is 2.87 bits per heavy atom. The van der Waals surface area contributed by atoms with Crippen LogP contribution in [0.3, 0.4) is 0 Å². The third-order valence-electron chi connectivity index (χ3n) is 2.89. The summed E-state index contributed by atoms with van der Waals surface area (Å²) < 4.78 is 6.51. The number of nitrogens with one attached hydrogen (secondary N) is 1. The summed E-state index contributed by atoms with van der Waals surface area (Å²) in [5, 5.41) is 3.57. The predicted octanol–water partition coefficient (Wildman–Crippen LogP) is 3.11. The van der Waals surface area contributed by atoms with E-state index in [2.05, 4.69) is 40.0 Å². The van der Waals surface area contributed by atoms with Crippen molar-refractivity contribution in [3.8, 4) is 5.75 Å². The number of halogens is 1. The highest BCUT2D eigenvalue weighted by Crippen LogP contribution is 2.29. The molecular formula is C12H16INO. The molecule has 1 aromatic carbocycles. The highest BCUT2D eigenvalue weighted by atomic mass is 127. The third kappa shape index (κ3) is 2.64. The molecule has 1 aromatic rings. The van der Waals surface area contributed by atoms with Crippen molar-refractivity contribution < 1.29 is 4.74 Å². The van der Waals surface area contributed by atoms with Crippen LogP contribution in [-0.2, 0) is 0 Å². The Morgan fingerprint density at radius 1 is 1.40 bits per heavy atom. The zero-order valence-corrected chi connectivity index (χ0v) is 11.1. The fraction of sp³-hybridized carbons (Fsp3) is 0.500. The minimum absolute atomic E-state index is 0.538. The van der Waals surface area contributed by atoms with E-state index in [1.54, 1.807) is 7.11 Å². The van der Waals surface area contributed by atoms with E-state index < -0.39 is 0 Å². The fourth-order valence-corrected chi connectivity index (χ4v) is 2.90. The quantitative estimate of drug-likeness (QED) is 0.846. The van der Waals surface area contributed by atoms with Crippen LogP contribution in [0.1, 0.15) is 30.9 Å². The molecule has 0 aromatic heterocycles. The molecule has 1 heterocycles. The topological polar surface area (TPSA) is 21.3 Å². The number of methoxy groups -OCH3 is 1. The van der Waals surface area contributed by atoms with E-state index in [0.29, 0.717) is 6.04 Å². The number of ether oxygens (including phenoxy) is 1. The summed E-state index contributed by atoms with van der Waals surface area (Å²) in [6.45, 7) is 1.15. The smallest absolute Gasteiger partial charge is 0.119 e. The summed E-state index contributed by atoms with van der Waals surface area (Å²) >= 11 is 2.39. The van der Waals surface area contributed by atoms with Gasteiger partial charge in [-0.2, -0.15) is 0 Å². The minimum atomic E-state index is 0.538. The molecule has 0 spiro atoms. The van der Waals surface area contributed by atoms with Crippen LogP contribution in [0, 0.1) is 3.57 Å². The van der Waals surface area contributed by atoms with Gasteiger partial charge >= 0.3 is 0 Å². The van der Waals surface area contributed by atoms with Gasteiger partial charge in [-0.25, -0.2) is 0 Å². The molecule has 1 saturated heterocycles. The summed E-state index contributed by atoms with van der Waals surface area (Å²) in [7, 11) is 1.71. The van der Waals surface area contributed by atoms with Crippen LogP contribution in [0.2, 0.25) is 0 Å². The van der Waals surface area contributed by atoms with Gasteiger partial charge in [0.1, 0.15) is 5.75 Å². The van der Waals surface area contributed by atoms with Crippen LogP contribution in [0.25, 0.3) is 0 Å². The van der Waals surface area contributed by atoms with Gasteiger partial charge in [0.25, 0.3) is 0 Å². The second-order valence-electron chi connectivity index (χ2n) is 3.89. The van der Waals surface area contributed by atoms with E-state index in [0.717, 1.165) is 12.3 Å². The summed E-state index contributed by atoms with van der Waals surface area (Å²) in [4.78, 5) is 0. The maximum atomic E-state index is 5.21. The summed E-state index contributed by atoms with van der Waals surface area (Å²) in [6, 6.07) is 6.88. The molecule has 0 bridgehead atoms. The maximum Gasteiger partial charge on any atom is 0.119 e. The molecule has 1 N–H and O–H groups in total. The zero-order chi connectivity index (χ0) is 10.7. The van der Waals surface area contributed by atoms with Crippen LogP contribution < -0.4 is 10.1 Å². The van der Waals surface area contributed by atoms with Crippen LogP contribution in [0.5, 0.6) is 5.75 Å². The van der Waals surface area contributed by atoms with Crippen LogP contribution in [-0.4, -0.2) is 13.7 Å². The Kier molecular flexibility index (Phi) is 3.86. The van der Waals surface area contributed by atoms with Gasteiger partial charge in [-0.15, -0.1) is 0 Å². The number of hydrogen-bond acceptors (Lipinski definition) is 2. The van der Waals surface area contributed by atoms with Gasteiger partial charge < -0.3 is 10.1 Å². The van der Waals surface area contributed by atoms with E-state index in [1.807, 2.05) is 6.07 Å². The largest absolute Gasteiger partial charge is 0.497 e. The predicted molar refractivity (Wildman–Crippen MR) is 70.3 cm³/mol. The lowest BCUT2D eigenvalue weighted by Crippen LogP contribution is -2.27. The van der Waals surface area contributed by atoms with E-state index in [-0.39, 0.29) is 0 Å². The van der Waals surface area contributed by atoms with Gasteiger partial charge in [-0.1, -0.05) is 12.5 Å². The molecule has 2 rings (SSSR count). The van der Waals surface area contributed by atoms with Gasteiger partial charge in [0.05, 0.1) is 7.11 Å². The average Bonchev–Trinajstić information content (AvgIpc) is 2.30. The lowest BCUT2D eigenvalue weighted by atomic mass is 9.97. The molecule has 1 aliphatic rings. The Labute approximate surface area is 105 Å². The Morgan fingerprint density at radius 2 is 2.27 bits per heavy atom. The van der Waals surface area contributed by atoms with Gasteiger partial charge in [-0.3, -0.25) is 0 Å². The third-order valence-corrected chi connectivity index (χ3v) is 3.83. The van der Waals surface area contributed by atoms with Crippen molar-refractivity contribution >= 4 is 22.6 Å². The van der Waals surface area contributed by atoms with Crippen LogP contribution >= 0.6 is 22.6 Å². The number of rotatable bonds is 2. The zero-order valence-electron chi connectivity index (χ0n) is 8.92. The van der Waals surface area contributed by atoms with Crippen molar-refractivity contribution in [1.29, 1.82) is 0 Å². The van der Waals surface area contributed by atoms with Crippen molar-refractivity contribution in [2.45, 2.75) is 25.3 Å². The highest BCUT2D eigenvalue weighted by Gasteiger charge is 2.16. The molecule has 0 aliphatic carbocycles. The molecule has 0 saturated carbocycles. The summed E-state index contributed by atoms with van der Waals surface area (Å²) in [5.74, 6) is 0.943. The van der Waals surface area contributed by atoms with Crippen molar-refractivity contribution in [3.05, 3.63) is 27.3 Å². The maximum absolute atomic E-state index is 5.21. The molecule has 15 heavy (non-hydrogen) atoms. The molecule has 82 valence electrons. The monoisotopic (exact) mass is 317 g/mol. The molecule has 0 radical (unpaired) electrons. The Balaban J connectivity index is 2.19. The van der Waals surface area contributed by atoms with Crippen molar-refractivity contribution in [2.24, 2.45) is 0 Å². The molecule has 0 amide bonds. The molecule has 1 unspecified atom stereocenters. The molecule has 1 aliphatic heterocycles. The van der Waals surface area contributed by atoms with E-state index in [9.17, 15) is 0 Å². The molecular weight excluding hydrogens is 301 g/mol. The van der Waals surface area contributed by atoms with Crippen molar-refractivity contribution in [3.63, 3.8) is 0 Å². The number of benzene rings is 1. The SMILES string of the molecule is COc1ccc(C2CCCCN2)c(I)c1. The first kappa shape index (κ1) is 11.2. The molecule has 1 atom stereocenters. The van der Waals surface area contributed by atoms with E-state index >= 15 is 0 Å². The first-order chi connectivity index (χ1) is 7.31. The van der Waals surface area contributed by atoms with Gasteiger partial charge in [-0.05, 0) is 59.7 Å². The lowest BCUT2D eigenvalue weighted by molar-refractivity contribution is 0.404. The van der Waals surface area contributed by atoms with E-state index in [4.69, 9.17) is 4.74 Å². The van der Waals surface area contributed by atoms with E-state index in [1.165, 1.54) is 28.4 Å². The van der Waals surface area contributed by atoms with Gasteiger partial charge in [0.15, 0.2) is 0 Å². The standard InChI is InChI=1S/C12H16INO/c1-15-9-5-6-10(11(13)8-9)12-4-2-3-7-14-12/h5-6,8,12,14H,2-4,7H2,1H3. The normalized spacial score (nSPS) is 21.3. The first-order valence-electron chi connectivity index (χ1n) is 5.38. The van der Waals surface area contributed by atoms with Gasteiger partial charge in [0, 0.05) is 9.61 Å². The van der Waals surface area contributed by atoms with Gasteiger partial charge in [0.2, 0.25) is 0 Å². The highest BCUT2D eigenvalue weighted by molar-refractivity contribution is 14.1. The average molecular weight is 317 g/mol. The molecule has 2 nitrogen and oxygen atoms in total. The summed E-state index contributed by atoms with van der Waals surface area (Å²) in [5.41, 5.74) is 1.41. The first-order valence-corrected chi connectivity index (χ1v) is 6.46. The molecule has 3 heteroatoms. The molecule has 1 fully saturated rings. The number of piperidine rings is 1. The van der Waals surface area contributed by atoms with Crippen molar-refractivity contribution in [2.75, 3.05) is 13.7 Å². The minimum Gasteiger partial charge on any atom is -0.497 e. The fourth-order valence-electron chi connectivity index (χ4n) is 2.03. The van der Waals surface area contributed by atoms with Crippen LogP contribution in [0.4, 0.5) is 0 Å².